The van der Waals surface area contributed by atoms with Crippen LogP contribution in [-0.4, -0.2) is 45.6 Å². The van der Waals surface area contributed by atoms with E-state index in [4.69, 9.17) is 16.6 Å². The minimum absolute atomic E-state index is 0.0823. The summed E-state index contributed by atoms with van der Waals surface area (Å²) in [6, 6.07) is 2.59. The standard InChI is InChI=1S/C27H28ClF3N6O2/c1-12-10-20(26(39)35-17-5-4-15(11-16(17)28)27(29,30)31)37-22(12)23(36-9-8-32-18-6-7-19(18)36)24(38)21-25(37)34-14(3)13(2)33-21/h4-5,11-12,18-20,32H,6-10H2,1-3H3,(H,35,39)/t12-,18+,19+,20-/m1/s1. The molecule has 1 saturated heterocycles. The van der Waals surface area contributed by atoms with Gasteiger partial charge in [-0.15, -0.1) is 0 Å². The number of amides is 1. The number of hydrogen-bond acceptors (Lipinski definition) is 6. The molecule has 8 nitrogen and oxygen atoms in total. The number of piperazine rings is 1. The molecule has 0 spiro atoms. The van der Waals surface area contributed by atoms with Gasteiger partial charge in [-0.05, 0) is 51.3 Å². The Labute approximate surface area is 227 Å². The number of alkyl halides is 3. The van der Waals surface area contributed by atoms with Crippen LogP contribution >= 0.6 is 11.6 Å². The SMILES string of the molecule is Cc1nc2c(=O)c(N3CCN[C@H]4CC[C@@H]43)c3n(c2nc1C)[C@@H](C(=O)Nc1ccc(C(F)(F)F)cc1Cl)C[C@H]3C. The monoisotopic (exact) mass is 560 g/mol. The van der Waals surface area contributed by atoms with Gasteiger partial charge in [0.15, 0.2) is 11.2 Å². The van der Waals surface area contributed by atoms with E-state index in [0.29, 0.717) is 41.7 Å². The molecular weight excluding hydrogens is 533 g/mol. The van der Waals surface area contributed by atoms with Gasteiger partial charge in [-0.1, -0.05) is 18.5 Å². The van der Waals surface area contributed by atoms with Gasteiger partial charge in [-0.2, -0.15) is 13.2 Å². The van der Waals surface area contributed by atoms with E-state index in [1.165, 1.54) is 0 Å². The van der Waals surface area contributed by atoms with E-state index in [9.17, 15) is 22.8 Å². The smallest absolute Gasteiger partial charge is 0.361 e. The van der Waals surface area contributed by atoms with Crippen molar-refractivity contribution in [1.82, 2.24) is 19.9 Å². The fourth-order valence-corrected chi connectivity index (χ4v) is 6.35. The number of fused-ring (bicyclic) bond motifs is 4. The summed E-state index contributed by atoms with van der Waals surface area (Å²) >= 11 is 6.13. The molecule has 2 N–H and O–H groups in total. The van der Waals surface area contributed by atoms with E-state index in [-0.39, 0.29) is 33.6 Å². The number of anilines is 2. The van der Waals surface area contributed by atoms with Gasteiger partial charge in [-0.3, -0.25) is 9.59 Å². The van der Waals surface area contributed by atoms with Crippen molar-refractivity contribution in [3.05, 3.63) is 56.1 Å². The highest BCUT2D eigenvalue weighted by Crippen LogP contribution is 2.44. The Balaban J connectivity index is 1.47. The van der Waals surface area contributed by atoms with Crippen LogP contribution in [0, 0.1) is 13.8 Å². The van der Waals surface area contributed by atoms with E-state index < -0.39 is 23.7 Å². The summed E-state index contributed by atoms with van der Waals surface area (Å²) in [6.45, 7) is 7.00. The molecule has 12 heteroatoms. The van der Waals surface area contributed by atoms with Crippen molar-refractivity contribution in [2.45, 2.75) is 70.3 Å². The van der Waals surface area contributed by atoms with Gasteiger partial charge in [-0.25, -0.2) is 9.97 Å². The molecule has 39 heavy (non-hydrogen) atoms. The van der Waals surface area contributed by atoms with Gasteiger partial charge in [0.1, 0.15) is 11.7 Å². The van der Waals surface area contributed by atoms with Crippen molar-refractivity contribution < 1.29 is 18.0 Å². The Bertz CT molecular complexity index is 1570. The van der Waals surface area contributed by atoms with E-state index in [1.807, 2.05) is 11.5 Å². The van der Waals surface area contributed by atoms with E-state index in [1.54, 1.807) is 13.8 Å². The van der Waals surface area contributed by atoms with Crippen LogP contribution < -0.4 is 21.0 Å². The maximum atomic E-state index is 14.0. The number of halogens is 4. The largest absolute Gasteiger partial charge is 0.416 e. The lowest BCUT2D eigenvalue weighted by atomic mass is 9.82. The maximum absolute atomic E-state index is 14.0. The first kappa shape index (κ1) is 26.1. The number of carbonyl (C=O) groups is 1. The van der Waals surface area contributed by atoms with E-state index in [2.05, 4.69) is 20.5 Å². The molecule has 0 unspecified atom stereocenters. The zero-order valence-corrected chi connectivity index (χ0v) is 22.5. The Morgan fingerprint density at radius 2 is 1.92 bits per heavy atom. The van der Waals surface area contributed by atoms with Gasteiger partial charge in [0.05, 0.1) is 33.4 Å². The second-order valence-electron chi connectivity index (χ2n) is 10.7. The first-order chi connectivity index (χ1) is 18.5. The molecular formula is C27H28ClF3N6O2. The normalized spacial score (nSPS) is 24.3. The summed E-state index contributed by atoms with van der Waals surface area (Å²) in [5.41, 5.74) is 2.16. The van der Waals surface area contributed by atoms with Crippen LogP contribution in [0.1, 0.15) is 60.8 Å². The highest BCUT2D eigenvalue weighted by molar-refractivity contribution is 6.33. The van der Waals surface area contributed by atoms with Crippen LogP contribution in [0.25, 0.3) is 11.2 Å². The Morgan fingerprint density at radius 3 is 2.59 bits per heavy atom. The molecule has 0 bridgehead atoms. The molecule has 4 atom stereocenters. The summed E-state index contributed by atoms with van der Waals surface area (Å²) in [4.78, 5) is 39.2. The third kappa shape index (κ3) is 4.17. The lowest BCUT2D eigenvalue weighted by Gasteiger charge is -2.50. The summed E-state index contributed by atoms with van der Waals surface area (Å²) in [6.07, 6.45) is -2.14. The molecule has 1 aromatic carbocycles. The number of hydrogen-bond donors (Lipinski definition) is 2. The average molecular weight is 561 g/mol. The lowest BCUT2D eigenvalue weighted by Crippen LogP contribution is -2.64. The highest BCUT2D eigenvalue weighted by atomic mass is 35.5. The van der Waals surface area contributed by atoms with Crippen LogP contribution in [0.15, 0.2) is 23.0 Å². The molecule has 6 rings (SSSR count). The number of benzene rings is 1. The van der Waals surface area contributed by atoms with Crippen LogP contribution in [0.4, 0.5) is 24.5 Å². The number of aryl methyl sites for hydroxylation is 2. The van der Waals surface area contributed by atoms with Gasteiger partial charge >= 0.3 is 6.18 Å². The Kier molecular flexibility index (Phi) is 6.14. The highest BCUT2D eigenvalue weighted by Gasteiger charge is 2.44. The topological polar surface area (TPSA) is 92.2 Å². The van der Waals surface area contributed by atoms with Crippen LogP contribution in [0.3, 0.4) is 0 Å². The van der Waals surface area contributed by atoms with Crippen LogP contribution in [-0.2, 0) is 11.0 Å². The second kappa shape index (κ2) is 9.19. The number of nitrogens with zero attached hydrogens (tertiary/aromatic N) is 4. The van der Waals surface area contributed by atoms with E-state index >= 15 is 0 Å². The molecule has 1 saturated carbocycles. The van der Waals surface area contributed by atoms with Gasteiger partial charge in [0, 0.05) is 31.1 Å². The first-order valence-electron chi connectivity index (χ1n) is 13.1. The molecule has 206 valence electrons. The Hall–Kier alpha value is -3.18. The maximum Gasteiger partial charge on any atom is 0.416 e. The number of nitrogens with one attached hydrogen (secondary N) is 2. The van der Waals surface area contributed by atoms with Gasteiger partial charge in [0.25, 0.3) is 0 Å². The van der Waals surface area contributed by atoms with Crippen molar-refractivity contribution in [1.29, 1.82) is 0 Å². The van der Waals surface area contributed by atoms with Crippen LogP contribution in [0.5, 0.6) is 0 Å². The fourth-order valence-electron chi connectivity index (χ4n) is 6.12. The molecule has 1 amide bonds. The average Bonchev–Trinajstić information content (AvgIpc) is 3.19. The molecule has 0 radical (unpaired) electrons. The predicted octanol–water partition coefficient (Wildman–Crippen LogP) is 4.71. The van der Waals surface area contributed by atoms with Crippen LogP contribution in [0.2, 0.25) is 5.02 Å². The first-order valence-corrected chi connectivity index (χ1v) is 13.4. The minimum Gasteiger partial charge on any atom is -0.361 e. The van der Waals surface area contributed by atoms with E-state index in [0.717, 1.165) is 43.3 Å². The quantitative estimate of drug-likeness (QED) is 0.482. The second-order valence-corrected chi connectivity index (χ2v) is 11.1. The van der Waals surface area contributed by atoms with Gasteiger partial charge in [0.2, 0.25) is 11.3 Å². The molecule has 2 aromatic heterocycles. The molecule has 4 heterocycles. The van der Waals surface area contributed by atoms with Crippen molar-refractivity contribution >= 4 is 40.0 Å². The molecule has 1 aliphatic carbocycles. The summed E-state index contributed by atoms with van der Waals surface area (Å²) in [5.74, 6) is -0.590. The zero-order valence-electron chi connectivity index (χ0n) is 21.7. The summed E-state index contributed by atoms with van der Waals surface area (Å²) in [7, 11) is 0. The molecule has 2 aliphatic heterocycles. The lowest BCUT2D eigenvalue weighted by molar-refractivity contribution is -0.137. The van der Waals surface area contributed by atoms with Crippen molar-refractivity contribution in [2.75, 3.05) is 23.3 Å². The third-order valence-corrected chi connectivity index (χ3v) is 8.66. The summed E-state index contributed by atoms with van der Waals surface area (Å²) < 4.78 is 41.1. The van der Waals surface area contributed by atoms with Crippen molar-refractivity contribution in [3.8, 4) is 0 Å². The fraction of sp³-hybridized carbons (Fsp3) is 0.481. The third-order valence-electron chi connectivity index (χ3n) is 8.35. The number of rotatable bonds is 3. The predicted molar refractivity (Wildman–Crippen MR) is 143 cm³/mol. The number of pyridine rings is 1. The van der Waals surface area contributed by atoms with Crippen molar-refractivity contribution in [3.63, 3.8) is 0 Å². The molecule has 3 aromatic rings. The zero-order chi connectivity index (χ0) is 27.8. The Morgan fingerprint density at radius 1 is 1.18 bits per heavy atom. The minimum atomic E-state index is -4.55. The van der Waals surface area contributed by atoms with Crippen molar-refractivity contribution in [2.24, 2.45) is 0 Å². The molecule has 2 fully saturated rings. The number of carbonyl (C=O) groups excluding carboxylic acids is 1. The molecule has 3 aliphatic rings. The number of aromatic nitrogens is 3. The summed E-state index contributed by atoms with van der Waals surface area (Å²) in [5, 5.41) is 6.02. The van der Waals surface area contributed by atoms with Gasteiger partial charge < -0.3 is 20.1 Å².